The van der Waals surface area contributed by atoms with Gasteiger partial charge >= 0.3 is 0 Å². The van der Waals surface area contributed by atoms with Crippen LogP contribution in [0.25, 0.3) is 0 Å². The van der Waals surface area contributed by atoms with Gasteiger partial charge in [-0.25, -0.2) is 0 Å². The standard InChI is InChI=1S/C11H21N.2C8H15NO.CH4/c1-10(2)12-8-6-11(7-9-12)4-3-5-11;1-7(2)9-3-8(4-9)5-10-6-8;1-7(2)9-5-8(6-9)3-4-10-8;/h10H,3-9H2,1-2H3;2*7H,3-6H2,1-2H3;1H4. The van der Waals surface area contributed by atoms with Gasteiger partial charge in [0.15, 0.2) is 0 Å². The number of hydrogen-bond donors (Lipinski definition) is 0. The van der Waals surface area contributed by atoms with Crippen molar-refractivity contribution >= 4 is 0 Å². The molecule has 5 aliphatic heterocycles. The third-order valence-corrected chi connectivity index (χ3v) is 9.31. The molecule has 0 atom stereocenters. The lowest BCUT2D eigenvalue weighted by Crippen LogP contribution is -2.69. The number of likely N-dealkylation sites (tertiary alicyclic amines) is 3. The van der Waals surface area contributed by atoms with Crippen molar-refractivity contribution in [2.75, 3.05) is 59.1 Å². The maximum absolute atomic E-state index is 5.49. The maximum Gasteiger partial charge on any atom is 0.0956 e. The molecule has 0 amide bonds. The van der Waals surface area contributed by atoms with E-state index in [1.165, 1.54) is 77.8 Å². The largest absolute Gasteiger partial charge is 0.380 e. The van der Waals surface area contributed by atoms with E-state index in [-0.39, 0.29) is 7.43 Å². The second kappa shape index (κ2) is 10.8. The topological polar surface area (TPSA) is 28.2 Å². The summed E-state index contributed by atoms with van der Waals surface area (Å²) < 4.78 is 10.7. The first kappa shape index (κ1) is 27.4. The zero-order valence-electron chi connectivity index (χ0n) is 22.0. The monoisotopic (exact) mass is 465 g/mol. The Hall–Kier alpha value is -0.200. The van der Waals surface area contributed by atoms with Gasteiger partial charge in [0, 0.05) is 56.1 Å². The van der Waals surface area contributed by atoms with Crippen molar-refractivity contribution in [3.8, 4) is 0 Å². The third-order valence-electron chi connectivity index (χ3n) is 9.31. The van der Waals surface area contributed by atoms with Crippen molar-refractivity contribution in [3.05, 3.63) is 0 Å². The Morgan fingerprint density at radius 3 is 1.39 bits per heavy atom. The van der Waals surface area contributed by atoms with Gasteiger partial charge in [0.05, 0.1) is 25.4 Å². The van der Waals surface area contributed by atoms with Gasteiger partial charge in [-0.15, -0.1) is 0 Å². The van der Waals surface area contributed by atoms with Gasteiger partial charge in [0.25, 0.3) is 0 Å². The van der Waals surface area contributed by atoms with E-state index in [4.69, 9.17) is 9.47 Å². The van der Waals surface area contributed by atoms with Crippen LogP contribution in [0.5, 0.6) is 0 Å². The van der Waals surface area contributed by atoms with Crippen molar-refractivity contribution in [2.24, 2.45) is 10.8 Å². The molecular formula is C28H55N3O2. The zero-order chi connectivity index (χ0) is 23.0. The van der Waals surface area contributed by atoms with Gasteiger partial charge in [0.2, 0.25) is 0 Å². The van der Waals surface area contributed by atoms with Gasteiger partial charge in [0.1, 0.15) is 0 Å². The molecular weight excluding hydrogens is 410 g/mol. The van der Waals surface area contributed by atoms with Crippen molar-refractivity contribution in [2.45, 2.75) is 111 Å². The number of piperidine rings is 1. The lowest BCUT2D eigenvalue weighted by molar-refractivity contribution is -0.227. The van der Waals surface area contributed by atoms with Crippen LogP contribution in [0.1, 0.15) is 87.5 Å². The summed E-state index contributed by atoms with van der Waals surface area (Å²) in [6.07, 6.45) is 8.80. The average molecular weight is 466 g/mol. The molecule has 0 N–H and O–H groups in total. The molecule has 0 aromatic carbocycles. The minimum Gasteiger partial charge on any atom is -0.380 e. The van der Waals surface area contributed by atoms with Crippen molar-refractivity contribution in [1.29, 1.82) is 0 Å². The lowest BCUT2D eigenvalue weighted by Gasteiger charge is -2.56. The van der Waals surface area contributed by atoms with Crippen LogP contribution < -0.4 is 0 Å². The van der Waals surface area contributed by atoms with E-state index >= 15 is 0 Å². The Balaban J connectivity index is 0.000000138. The van der Waals surface area contributed by atoms with E-state index < -0.39 is 0 Å². The summed E-state index contributed by atoms with van der Waals surface area (Å²) in [5.41, 5.74) is 1.75. The molecule has 0 bridgehead atoms. The minimum atomic E-state index is 0. The lowest BCUT2D eigenvalue weighted by atomic mass is 9.63. The molecule has 5 heteroatoms. The van der Waals surface area contributed by atoms with Crippen LogP contribution in [0.2, 0.25) is 0 Å². The average Bonchev–Trinajstić information content (AvgIpc) is 2.56. The summed E-state index contributed by atoms with van der Waals surface area (Å²) in [4.78, 5) is 7.59. The highest BCUT2D eigenvalue weighted by molar-refractivity contribution is 5.02. The Kier molecular flexibility index (Phi) is 8.98. The summed E-state index contributed by atoms with van der Waals surface area (Å²) >= 11 is 0. The number of hydrogen-bond acceptors (Lipinski definition) is 5. The summed E-state index contributed by atoms with van der Waals surface area (Å²) in [6.45, 7) is 24.2. The molecule has 5 nitrogen and oxygen atoms in total. The van der Waals surface area contributed by atoms with Crippen LogP contribution >= 0.6 is 0 Å². The normalized spacial score (nSPS) is 29.0. The fourth-order valence-corrected chi connectivity index (χ4v) is 6.14. The molecule has 5 heterocycles. The molecule has 194 valence electrons. The fraction of sp³-hybridized carbons (Fsp3) is 1.00. The van der Waals surface area contributed by atoms with E-state index in [9.17, 15) is 0 Å². The predicted molar refractivity (Wildman–Crippen MR) is 139 cm³/mol. The number of ether oxygens (including phenoxy) is 2. The Bertz CT molecular complexity index is 548. The van der Waals surface area contributed by atoms with Crippen LogP contribution in [-0.2, 0) is 9.47 Å². The van der Waals surface area contributed by atoms with E-state index in [0.29, 0.717) is 17.1 Å². The van der Waals surface area contributed by atoms with Crippen molar-refractivity contribution < 1.29 is 9.47 Å². The first-order chi connectivity index (χ1) is 15.2. The van der Waals surface area contributed by atoms with Crippen LogP contribution in [0.15, 0.2) is 0 Å². The third kappa shape index (κ3) is 6.14. The van der Waals surface area contributed by atoms with Gasteiger partial charge < -0.3 is 14.4 Å². The molecule has 5 saturated heterocycles. The molecule has 0 aromatic heterocycles. The number of nitrogens with zero attached hydrogens (tertiary/aromatic N) is 3. The van der Waals surface area contributed by atoms with E-state index in [1.54, 1.807) is 0 Å². The van der Waals surface area contributed by atoms with E-state index in [0.717, 1.165) is 37.3 Å². The second-order valence-electron chi connectivity index (χ2n) is 12.8. The first-order valence-corrected chi connectivity index (χ1v) is 13.6. The number of rotatable bonds is 3. The van der Waals surface area contributed by atoms with Crippen LogP contribution in [0.3, 0.4) is 0 Å². The highest BCUT2D eigenvalue weighted by atomic mass is 16.5. The molecule has 6 rings (SSSR count). The molecule has 3 spiro atoms. The van der Waals surface area contributed by atoms with Crippen LogP contribution in [0, 0.1) is 10.8 Å². The van der Waals surface area contributed by atoms with Gasteiger partial charge in [-0.2, -0.15) is 0 Å². The SMILES string of the molecule is C.CC(C)N1CC2(CCO2)C1.CC(C)N1CC2(COC2)C1.CC(C)N1CCC2(CCC2)CC1. The molecule has 1 aliphatic carbocycles. The quantitative estimate of drug-likeness (QED) is 0.591. The molecule has 6 aliphatic rings. The Labute approximate surface area is 205 Å². The molecule has 1 saturated carbocycles. The zero-order valence-corrected chi connectivity index (χ0v) is 22.0. The Morgan fingerprint density at radius 2 is 1.09 bits per heavy atom. The molecule has 0 radical (unpaired) electrons. The molecule has 0 aromatic rings. The van der Waals surface area contributed by atoms with Gasteiger partial charge in [-0.05, 0) is 85.7 Å². The highest BCUT2D eigenvalue weighted by Crippen LogP contribution is 2.49. The Morgan fingerprint density at radius 1 is 0.606 bits per heavy atom. The molecule has 0 unspecified atom stereocenters. The summed E-state index contributed by atoms with van der Waals surface area (Å²) in [5.74, 6) is 0. The molecule has 6 fully saturated rings. The smallest absolute Gasteiger partial charge is 0.0956 e. The highest BCUT2D eigenvalue weighted by Gasteiger charge is 2.50. The summed E-state index contributed by atoms with van der Waals surface area (Å²) in [5, 5.41) is 0. The predicted octanol–water partition coefficient (Wildman–Crippen LogP) is 4.89. The molecule has 33 heavy (non-hydrogen) atoms. The van der Waals surface area contributed by atoms with Crippen molar-refractivity contribution in [3.63, 3.8) is 0 Å². The first-order valence-electron chi connectivity index (χ1n) is 13.6. The van der Waals surface area contributed by atoms with E-state index in [1.807, 2.05) is 0 Å². The summed E-state index contributed by atoms with van der Waals surface area (Å²) in [7, 11) is 0. The second-order valence-corrected chi connectivity index (χ2v) is 12.8. The van der Waals surface area contributed by atoms with Crippen LogP contribution in [0.4, 0.5) is 0 Å². The van der Waals surface area contributed by atoms with Gasteiger partial charge in [-0.1, -0.05) is 13.8 Å². The maximum atomic E-state index is 5.49. The van der Waals surface area contributed by atoms with Gasteiger partial charge in [-0.3, -0.25) is 9.80 Å². The van der Waals surface area contributed by atoms with E-state index in [2.05, 4.69) is 56.2 Å². The van der Waals surface area contributed by atoms with Crippen LogP contribution in [-0.4, -0.2) is 97.5 Å². The summed E-state index contributed by atoms with van der Waals surface area (Å²) in [6, 6.07) is 2.20. The fourth-order valence-electron chi connectivity index (χ4n) is 6.14. The minimum absolute atomic E-state index is 0. The van der Waals surface area contributed by atoms with Crippen molar-refractivity contribution in [1.82, 2.24) is 14.7 Å².